The van der Waals surface area contributed by atoms with Crippen LogP contribution in [0.1, 0.15) is 13.3 Å². The Kier molecular flexibility index (Phi) is 4.96. The van der Waals surface area contributed by atoms with Gasteiger partial charge in [-0.15, -0.1) is 0 Å². The molecule has 3 nitrogen and oxygen atoms in total. The molecule has 0 amide bonds. The van der Waals surface area contributed by atoms with Gasteiger partial charge < -0.3 is 10.6 Å². The first-order valence-corrected chi connectivity index (χ1v) is 7.10. The van der Waals surface area contributed by atoms with Gasteiger partial charge in [0.15, 0.2) is 0 Å². The average molecular weight is 308 g/mol. The summed E-state index contributed by atoms with van der Waals surface area (Å²) < 4.78 is 1.11. The second kappa shape index (κ2) is 6.71. The largest absolute Gasteiger partial charge is 0.370 e. The third-order valence-corrected chi connectivity index (χ3v) is 3.52. The number of hydrogen-bond donors (Lipinski definition) is 2. The molecule has 0 spiro atoms. The first kappa shape index (κ1) is 13.3. The molecule has 0 aliphatic rings. The van der Waals surface area contributed by atoms with Crippen LogP contribution in [0, 0.1) is 0 Å². The fourth-order valence-corrected chi connectivity index (χ4v) is 2.40. The zero-order valence-corrected chi connectivity index (χ0v) is 12.1. The van der Waals surface area contributed by atoms with Gasteiger partial charge in [0.2, 0.25) is 0 Å². The van der Waals surface area contributed by atoms with Crippen molar-refractivity contribution in [2.45, 2.75) is 13.3 Å². The number of rotatable bonds is 6. The molecule has 0 bridgehead atoms. The van der Waals surface area contributed by atoms with Crippen LogP contribution in [0.15, 0.2) is 34.9 Å². The van der Waals surface area contributed by atoms with E-state index >= 15 is 0 Å². The van der Waals surface area contributed by atoms with Crippen LogP contribution in [-0.4, -0.2) is 24.6 Å². The molecule has 0 radical (unpaired) electrons. The maximum absolute atomic E-state index is 4.41. The molecule has 0 saturated heterocycles. The lowest BCUT2D eigenvalue weighted by Gasteiger charge is -2.09. The maximum Gasteiger partial charge on any atom is 0.133 e. The van der Waals surface area contributed by atoms with Gasteiger partial charge in [-0.1, -0.05) is 35.0 Å². The lowest BCUT2D eigenvalue weighted by molar-refractivity contribution is 0.688. The van der Waals surface area contributed by atoms with E-state index in [4.69, 9.17) is 0 Å². The molecule has 0 aliphatic carbocycles. The van der Waals surface area contributed by atoms with E-state index in [1.807, 2.05) is 18.3 Å². The fourth-order valence-electron chi connectivity index (χ4n) is 1.91. The van der Waals surface area contributed by atoms with E-state index in [0.717, 1.165) is 41.7 Å². The minimum absolute atomic E-state index is 0.936. The first-order valence-electron chi connectivity index (χ1n) is 6.30. The molecule has 4 heteroatoms. The molecule has 0 saturated carbocycles. The van der Waals surface area contributed by atoms with Crippen molar-refractivity contribution < 1.29 is 0 Å². The van der Waals surface area contributed by atoms with Crippen molar-refractivity contribution in [1.29, 1.82) is 0 Å². The third kappa shape index (κ3) is 3.21. The number of nitrogens with one attached hydrogen (secondary N) is 2. The summed E-state index contributed by atoms with van der Waals surface area (Å²) in [7, 11) is 0. The van der Waals surface area contributed by atoms with Crippen molar-refractivity contribution in [2.24, 2.45) is 0 Å². The van der Waals surface area contributed by atoms with E-state index in [1.54, 1.807) is 0 Å². The van der Waals surface area contributed by atoms with Crippen molar-refractivity contribution in [3.8, 4) is 0 Å². The number of halogens is 1. The molecule has 96 valence electrons. The highest BCUT2D eigenvalue weighted by atomic mass is 79.9. The Hall–Kier alpha value is -1.13. The number of anilines is 1. The normalized spacial score (nSPS) is 10.8. The van der Waals surface area contributed by atoms with Crippen molar-refractivity contribution in [2.75, 3.05) is 25.0 Å². The number of pyridine rings is 1. The van der Waals surface area contributed by atoms with E-state index in [2.05, 4.69) is 50.6 Å². The van der Waals surface area contributed by atoms with E-state index in [-0.39, 0.29) is 0 Å². The number of aromatic nitrogens is 1. The number of fused-ring (bicyclic) bond motifs is 1. The van der Waals surface area contributed by atoms with Crippen LogP contribution in [0.5, 0.6) is 0 Å². The standard InChI is InChI=1S/C14H18BrN3/c1-2-16-8-4-9-17-14-12-5-3-6-13(15)11(12)7-10-18-14/h3,5-7,10,16H,2,4,8-9H2,1H3,(H,17,18). The summed E-state index contributed by atoms with van der Waals surface area (Å²) in [4.78, 5) is 4.41. The topological polar surface area (TPSA) is 37.0 Å². The van der Waals surface area contributed by atoms with Gasteiger partial charge in [-0.25, -0.2) is 4.98 Å². The minimum Gasteiger partial charge on any atom is -0.370 e. The Morgan fingerprint density at radius 3 is 2.89 bits per heavy atom. The van der Waals surface area contributed by atoms with Gasteiger partial charge in [0, 0.05) is 28.0 Å². The summed E-state index contributed by atoms with van der Waals surface area (Å²) in [6.07, 6.45) is 2.94. The summed E-state index contributed by atoms with van der Waals surface area (Å²) in [5.74, 6) is 0.963. The van der Waals surface area contributed by atoms with E-state index in [0.29, 0.717) is 0 Å². The Bertz CT molecular complexity index is 513. The van der Waals surface area contributed by atoms with Crippen molar-refractivity contribution in [3.63, 3.8) is 0 Å². The number of benzene rings is 1. The molecule has 2 rings (SSSR count). The second-order valence-electron chi connectivity index (χ2n) is 4.13. The highest BCUT2D eigenvalue weighted by molar-refractivity contribution is 9.10. The highest BCUT2D eigenvalue weighted by Gasteiger charge is 2.03. The van der Waals surface area contributed by atoms with E-state index < -0.39 is 0 Å². The monoisotopic (exact) mass is 307 g/mol. The molecule has 1 aromatic heterocycles. The van der Waals surface area contributed by atoms with Crippen LogP contribution in [-0.2, 0) is 0 Å². The van der Waals surface area contributed by atoms with Crippen LogP contribution in [0.3, 0.4) is 0 Å². The van der Waals surface area contributed by atoms with Gasteiger partial charge >= 0.3 is 0 Å². The molecule has 0 unspecified atom stereocenters. The van der Waals surface area contributed by atoms with Crippen molar-refractivity contribution in [3.05, 3.63) is 34.9 Å². The fraction of sp³-hybridized carbons (Fsp3) is 0.357. The number of nitrogens with zero attached hydrogens (tertiary/aromatic N) is 1. The predicted molar refractivity (Wildman–Crippen MR) is 81.1 cm³/mol. The van der Waals surface area contributed by atoms with Crippen molar-refractivity contribution in [1.82, 2.24) is 10.3 Å². The Morgan fingerprint density at radius 2 is 2.06 bits per heavy atom. The smallest absolute Gasteiger partial charge is 0.133 e. The van der Waals surface area contributed by atoms with Crippen LogP contribution in [0.25, 0.3) is 10.8 Å². The predicted octanol–water partition coefficient (Wildman–Crippen LogP) is 3.41. The Morgan fingerprint density at radius 1 is 1.17 bits per heavy atom. The van der Waals surface area contributed by atoms with E-state index in [1.165, 1.54) is 5.39 Å². The summed E-state index contributed by atoms with van der Waals surface area (Å²) in [5.41, 5.74) is 0. The Labute approximate surface area is 116 Å². The van der Waals surface area contributed by atoms with Gasteiger partial charge in [-0.3, -0.25) is 0 Å². The van der Waals surface area contributed by atoms with Gasteiger partial charge in [-0.05, 0) is 31.6 Å². The Balaban J connectivity index is 2.07. The zero-order valence-electron chi connectivity index (χ0n) is 10.5. The summed E-state index contributed by atoms with van der Waals surface area (Å²) in [6, 6.07) is 8.22. The quantitative estimate of drug-likeness (QED) is 0.803. The summed E-state index contributed by atoms with van der Waals surface area (Å²) in [6.45, 7) is 5.13. The molecule has 2 N–H and O–H groups in total. The molecule has 1 aromatic carbocycles. The van der Waals surface area contributed by atoms with Crippen LogP contribution >= 0.6 is 15.9 Å². The first-order chi connectivity index (χ1) is 8.83. The molecular weight excluding hydrogens is 290 g/mol. The third-order valence-electron chi connectivity index (χ3n) is 2.83. The van der Waals surface area contributed by atoms with Gasteiger partial charge in [0.05, 0.1) is 0 Å². The molecule has 1 heterocycles. The molecular formula is C14H18BrN3. The van der Waals surface area contributed by atoms with Gasteiger partial charge in [0.1, 0.15) is 5.82 Å². The molecule has 2 aromatic rings. The zero-order chi connectivity index (χ0) is 12.8. The highest BCUT2D eigenvalue weighted by Crippen LogP contribution is 2.27. The van der Waals surface area contributed by atoms with E-state index in [9.17, 15) is 0 Å². The summed E-state index contributed by atoms with van der Waals surface area (Å²) in [5, 5.41) is 9.07. The average Bonchev–Trinajstić information content (AvgIpc) is 2.39. The molecule has 18 heavy (non-hydrogen) atoms. The van der Waals surface area contributed by atoms with Gasteiger partial charge in [-0.2, -0.15) is 0 Å². The minimum atomic E-state index is 0.936. The lowest BCUT2D eigenvalue weighted by Crippen LogP contribution is -2.17. The molecule has 0 aliphatic heterocycles. The maximum atomic E-state index is 4.41. The lowest BCUT2D eigenvalue weighted by atomic mass is 10.1. The van der Waals surface area contributed by atoms with Crippen molar-refractivity contribution >= 4 is 32.5 Å². The molecule has 0 fully saturated rings. The summed E-state index contributed by atoms with van der Waals surface area (Å²) >= 11 is 3.57. The second-order valence-corrected chi connectivity index (χ2v) is 4.98. The van der Waals surface area contributed by atoms with Crippen LogP contribution < -0.4 is 10.6 Å². The SMILES string of the molecule is CCNCCCNc1nccc2c(Br)cccc12. The number of hydrogen-bond acceptors (Lipinski definition) is 3. The van der Waals surface area contributed by atoms with Crippen LogP contribution in [0.2, 0.25) is 0 Å². The molecule has 0 atom stereocenters. The van der Waals surface area contributed by atoms with Crippen LogP contribution in [0.4, 0.5) is 5.82 Å². The van der Waals surface area contributed by atoms with Gasteiger partial charge in [0.25, 0.3) is 0 Å².